The Hall–Kier alpha value is -0.630. The van der Waals surface area contributed by atoms with Crippen molar-refractivity contribution in [3.05, 3.63) is 33.3 Å². The molecular weight excluding hydrogens is 380 g/mol. The molecule has 0 radical (unpaired) electrons. The van der Waals surface area contributed by atoms with Gasteiger partial charge < -0.3 is 5.32 Å². The molecule has 1 aliphatic heterocycles. The maximum atomic E-state index is 12.3. The molecule has 0 aromatic heterocycles. The van der Waals surface area contributed by atoms with E-state index in [1.165, 1.54) is 10.6 Å². The van der Waals surface area contributed by atoms with Gasteiger partial charge in [-0.15, -0.1) is 0 Å². The normalized spacial score (nSPS) is 20.2. The number of piperidine rings is 1. The second kappa shape index (κ2) is 6.64. The molecule has 2 rings (SSSR count). The number of hydrogen-bond donors (Lipinski definition) is 1. The van der Waals surface area contributed by atoms with Gasteiger partial charge in [-0.05, 0) is 31.0 Å². The summed E-state index contributed by atoms with van der Waals surface area (Å²) in [7, 11) is -3.23. The highest BCUT2D eigenvalue weighted by molar-refractivity contribution is 9.10. The predicted octanol–water partition coefficient (Wildman–Crippen LogP) is 2.26. The van der Waals surface area contributed by atoms with Crippen molar-refractivity contribution in [3.8, 4) is 0 Å². The highest BCUT2D eigenvalue weighted by Gasteiger charge is 2.27. The summed E-state index contributed by atoms with van der Waals surface area (Å²) in [6.07, 6.45) is 2.66. The average molecular weight is 396 g/mol. The van der Waals surface area contributed by atoms with Gasteiger partial charge in [-0.3, -0.25) is 4.79 Å². The second-order valence-corrected chi connectivity index (χ2v) is 8.36. The van der Waals surface area contributed by atoms with Gasteiger partial charge in [-0.25, -0.2) is 12.7 Å². The van der Waals surface area contributed by atoms with Crippen LogP contribution in [0.3, 0.4) is 0 Å². The molecule has 1 amide bonds. The molecule has 0 aliphatic carbocycles. The van der Waals surface area contributed by atoms with Crippen LogP contribution in [0, 0.1) is 0 Å². The van der Waals surface area contributed by atoms with E-state index < -0.39 is 10.0 Å². The van der Waals surface area contributed by atoms with E-state index in [0.717, 1.165) is 17.3 Å². The summed E-state index contributed by atoms with van der Waals surface area (Å²) in [5, 5.41) is 3.22. The van der Waals surface area contributed by atoms with Gasteiger partial charge >= 0.3 is 0 Å². The number of rotatable bonds is 3. The lowest BCUT2D eigenvalue weighted by Crippen LogP contribution is -2.49. The Morgan fingerprint density at radius 3 is 2.86 bits per heavy atom. The molecule has 1 aromatic rings. The molecule has 1 aromatic carbocycles. The van der Waals surface area contributed by atoms with Crippen molar-refractivity contribution in [1.82, 2.24) is 9.62 Å². The lowest BCUT2D eigenvalue weighted by atomic mass is 10.1. The molecule has 1 heterocycles. The fraction of sp³-hybridized carbons (Fsp3) is 0.462. The van der Waals surface area contributed by atoms with Gasteiger partial charge in [0.05, 0.1) is 16.8 Å². The van der Waals surface area contributed by atoms with Gasteiger partial charge in [0.2, 0.25) is 10.0 Å². The lowest BCUT2D eigenvalue weighted by Gasteiger charge is -2.31. The van der Waals surface area contributed by atoms with Crippen LogP contribution >= 0.6 is 27.5 Å². The van der Waals surface area contributed by atoms with Crippen LogP contribution in [0.1, 0.15) is 23.2 Å². The first kappa shape index (κ1) is 16.7. The molecule has 0 spiro atoms. The number of nitrogens with zero attached hydrogens (tertiary/aromatic N) is 1. The standard InChI is InChI=1S/C13H16BrClN2O3S/c1-21(19,20)17-6-2-3-10(8-17)16-13(18)11-7-9(14)4-5-12(11)15/h4-5,7,10H,2-3,6,8H2,1H3,(H,16,18). The summed E-state index contributed by atoms with van der Waals surface area (Å²) in [4.78, 5) is 12.3. The summed E-state index contributed by atoms with van der Waals surface area (Å²) in [5.41, 5.74) is 0.377. The average Bonchev–Trinajstić information content (AvgIpc) is 2.41. The molecule has 8 heteroatoms. The molecule has 1 N–H and O–H groups in total. The number of halogens is 2. The zero-order chi connectivity index (χ0) is 15.6. The van der Waals surface area contributed by atoms with E-state index in [4.69, 9.17) is 11.6 Å². The molecule has 1 fully saturated rings. The van der Waals surface area contributed by atoms with E-state index in [1.54, 1.807) is 18.2 Å². The molecule has 1 aliphatic rings. The Labute approximate surface area is 137 Å². The lowest BCUT2D eigenvalue weighted by molar-refractivity contribution is 0.0921. The number of amides is 1. The minimum atomic E-state index is -3.23. The molecular formula is C13H16BrClN2O3S. The summed E-state index contributed by atoms with van der Waals surface area (Å²) in [5.74, 6) is -0.290. The molecule has 1 saturated heterocycles. The number of sulfonamides is 1. The van der Waals surface area contributed by atoms with Crippen LogP contribution in [-0.4, -0.2) is 44.0 Å². The molecule has 116 valence electrons. The van der Waals surface area contributed by atoms with Crippen molar-refractivity contribution in [3.63, 3.8) is 0 Å². The van der Waals surface area contributed by atoms with E-state index in [1.807, 2.05) is 0 Å². The van der Waals surface area contributed by atoms with Crippen molar-refractivity contribution < 1.29 is 13.2 Å². The highest BCUT2D eigenvalue weighted by atomic mass is 79.9. The molecule has 5 nitrogen and oxygen atoms in total. The van der Waals surface area contributed by atoms with Crippen LogP contribution in [0.25, 0.3) is 0 Å². The van der Waals surface area contributed by atoms with Crippen LogP contribution < -0.4 is 5.32 Å². The number of benzene rings is 1. The summed E-state index contributed by atoms with van der Waals surface area (Å²) >= 11 is 9.32. The fourth-order valence-corrected chi connectivity index (χ4v) is 3.77. The SMILES string of the molecule is CS(=O)(=O)N1CCCC(NC(=O)c2cc(Br)ccc2Cl)C1. The minimum absolute atomic E-state index is 0.198. The number of carbonyl (C=O) groups excluding carboxylic acids is 1. The van der Waals surface area contributed by atoms with E-state index in [-0.39, 0.29) is 11.9 Å². The Morgan fingerprint density at radius 2 is 2.19 bits per heavy atom. The van der Waals surface area contributed by atoms with Crippen LogP contribution in [0.15, 0.2) is 22.7 Å². The Morgan fingerprint density at radius 1 is 1.48 bits per heavy atom. The summed E-state index contributed by atoms with van der Waals surface area (Å²) < 4.78 is 25.3. The fourth-order valence-electron chi connectivity index (χ4n) is 2.30. The van der Waals surface area contributed by atoms with Crippen molar-refractivity contribution in [2.45, 2.75) is 18.9 Å². The van der Waals surface area contributed by atoms with Crippen LogP contribution in [-0.2, 0) is 10.0 Å². The van der Waals surface area contributed by atoms with E-state index in [2.05, 4.69) is 21.2 Å². The second-order valence-electron chi connectivity index (χ2n) is 5.06. The molecule has 1 unspecified atom stereocenters. The Bertz CT molecular complexity index is 651. The van der Waals surface area contributed by atoms with Gasteiger partial charge in [0.15, 0.2) is 0 Å². The first-order chi connectivity index (χ1) is 9.77. The number of hydrogen-bond acceptors (Lipinski definition) is 3. The molecule has 0 saturated carbocycles. The minimum Gasteiger partial charge on any atom is -0.348 e. The Balaban J connectivity index is 2.07. The first-order valence-corrected chi connectivity index (χ1v) is 9.50. The van der Waals surface area contributed by atoms with Gasteiger partial charge in [-0.2, -0.15) is 0 Å². The van der Waals surface area contributed by atoms with Crippen molar-refractivity contribution in [2.75, 3.05) is 19.3 Å². The quantitative estimate of drug-likeness (QED) is 0.853. The monoisotopic (exact) mass is 394 g/mol. The van der Waals surface area contributed by atoms with Crippen molar-refractivity contribution in [2.24, 2.45) is 0 Å². The highest BCUT2D eigenvalue weighted by Crippen LogP contribution is 2.21. The first-order valence-electron chi connectivity index (χ1n) is 6.48. The zero-order valence-electron chi connectivity index (χ0n) is 11.5. The summed E-state index contributed by atoms with van der Waals surface area (Å²) in [6.45, 7) is 0.805. The topological polar surface area (TPSA) is 66.5 Å². The van der Waals surface area contributed by atoms with Gasteiger partial charge in [0.25, 0.3) is 5.91 Å². The van der Waals surface area contributed by atoms with Gasteiger partial charge in [0, 0.05) is 23.6 Å². The third-order valence-corrected chi connectivity index (χ3v) is 5.45. The van der Waals surface area contributed by atoms with Crippen molar-refractivity contribution in [1.29, 1.82) is 0 Å². The van der Waals surface area contributed by atoms with E-state index in [0.29, 0.717) is 23.7 Å². The smallest absolute Gasteiger partial charge is 0.253 e. The van der Waals surface area contributed by atoms with E-state index in [9.17, 15) is 13.2 Å². The van der Waals surface area contributed by atoms with Crippen molar-refractivity contribution >= 4 is 43.5 Å². The van der Waals surface area contributed by atoms with E-state index >= 15 is 0 Å². The maximum Gasteiger partial charge on any atom is 0.253 e. The predicted molar refractivity (Wildman–Crippen MR) is 86.1 cm³/mol. The number of carbonyl (C=O) groups is 1. The third kappa shape index (κ3) is 4.42. The van der Waals surface area contributed by atoms with Crippen LogP contribution in [0.4, 0.5) is 0 Å². The van der Waals surface area contributed by atoms with Crippen LogP contribution in [0.2, 0.25) is 5.02 Å². The third-order valence-electron chi connectivity index (χ3n) is 3.36. The van der Waals surface area contributed by atoms with Crippen LogP contribution in [0.5, 0.6) is 0 Å². The largest absolute Gasteiger partial charge is 0.348 e. The number of nitrogens with one attached hydrogen (secondary N) is 1. The molecule has 0 bridgehead atoms. The maximum absolute atomic E-state index is 12.3. The molecule has 1 atom stereocenters. The Kier molecular flexibility index (Phi) is 5.29. The summed E-state index contributed by atoms with van der Waals surface area (Å²) in [6, 6.07) is 4.85. The zero-order valence-corrected chi connectivity index (χ0v) is 14.6. The van der Waals surface area contributed by atoms with Gasteiger partial charge in [0.1, 0.15) is 0 Å². The molecule has 21 heavy (non-hydrogen) atoms. The van der Waals surface area contributed by atoms with Gasteiger partial charge in [-0.1, -0.05) is 27.5 Å².